The number of benzodiazepines with no additional fused rings is 1. The molecule has 0 radical (unpaired) electrons. The van der Waals surface area contributed by atoms with Crippen LogP contribution < -0.4 is 5.32 Å². The molecule has 0 saturated heterocycles. The fourth-order valence-corrected chi connectivity index (χ4v) is 2.72. The third-order valence-electron chi connectivity index (χ3n) is 3.91. The van der Waals surface area contributed by atoms with Crippen molar-refractivity contribution in [2.75, 3.05) is 5.32 Å². The number of para-hydroxylation sites is 1. The van der Waals surface area contributed by atoms with Gasteiger partial charge in [-0.2, -0.15) is 0 Å². The molecule has 0 aromatic heterocycles. The van der Waals surface area contributed by atoms with Crippen LogP contribution in [0.15, 0.2) is 59.6 Å². The van der Waals surface area contributed by atoms with E-state index in [4.69, 9.17) is 4.99 Å². The molecule has 112 valence electrons. The van der Waals surface area contributed by atoms with Crippen LogP contribution in [0, 0.1) is 0 Å². The quantitative estimate of drug-likeness (QED) is 0.908. The molecular weight excluding hydrogens is 272 g/mol. The number of carbonyl (C=O) groups is 1. The molecule has 0 fully saturated rings. The van der Waals surface area contributed by atoms with E-state index < -0.39 is 0 Å². The highest BCUT2D eigenvalue weighted by Gasteiger charge is 2.24. The molecule has 2 aromatic rings. The highest BCUT2D eigenvalue weighted by atomic mass is 16.2. The van der Waals surface area contributed by atoms with Gasteiger partial charge >= 0.3 is 0 Å². The summed E-state index contributed by atoms with van der Waals surface area (Å²) in [6, 6.07) is 17.6. The van der Waals surface area contributed by atoms with Crippen molar-refractivity contribution in [3.05, 3.63) is 65.7 Å². The maximum Gasteiger partial charge on any atom is 0.249 e. The highest BCUT2D eigenvalue weighted by Crippen LogP contribution is 2.25. The van der Waals surface area contributed by atoms with Crippen molar-refractivity contribution in [1.29, 1.82) is 0 Å². The van der Waals surface area contributed by atoms with Gasteiger partial charge in [-0.05, 0) is 12.5 Å². The molecule has 0 aliphatic carbocycles. The average molecular weight is 292 g/mol. The second-order valence-electron chi connectivity index (χ2n) is 5.54. The number of benzene rings is 2. The van der Waals surface area contributed by atoms with Gasteiger partial charge < -0.3 is 5.32 Å². The molecule has 1 unspecified atom stereocenters. The maximum absolute atomic E-state index is 12.4. The van der Waals surface area contributed by atoms with Gasteiger partial charge in [0.2, 0.25) is 5.91 Å². The summed E-state index contributed by atoms with van der Waals surface area (Å²) in [7, 11) is 0. The molecule has 3 rings (SSSR count). The first-order valence-electron chi connectivity index (χ1n) is 7.83. The molecule has 1 N–H and O–H groups in total. The lowest BCUT2D eigenvalue weighted by molar-refractivity contribution is -0.117. The molecule has 2 aromatic carbocycles. The lowest BCUT2D eigenvalue weighted by atomic mass is 10.0. The lowest BCUT2D eigenvalue weighted by Gasteiger charge is -2.10. The van der Waals surface area contributed by atoms with Crippen LogP contribution in [0.5, 0.6) is 0 Å². The molecule has 1 aliphatic heterocycles. The molecule has 0 saturated carbocycles. The van der Waals surface area contributed by atoms with Crippen molar-refractivity contribution >= 4 is 17.3 Å². The summed E-state index contributed by atoms with van der Waals surface area (Å²) in [6.45, 7) is 2.13. The molecule has 1 heterocycles. The van der Waals surface area contributed by atoms with Gasteiger partial charge in [-0.1, -0.05) is 68.3 Å². The van der Waals surface area contributed by atoms with E-state index in [2.05, 4.69) is 12.2 Å². The monoisotopic (exact) mass is 292 g/mol. The number of anilines is 1. The maximum atomic E-state index is 12.4. The number of aliphatic imine (C=N–C) groups is 1. The number of carbonyl (C=O) groups excluding carboxylic acids is 1. The van der Waals surface area contributed by atoms with Gasteiger partial charge in [-0.25, -0.2) is 0 Å². The number of rotatable bonds is 4. The minimum Gasteiger partial charge on any atom is -0.324 e. The van der Waals surface area contributed by atoms with Gasteiger partial charge in [0.15, 0.2) is 0 Å². The van der Waals surface area contributed by atoms with E-state index >= 15 is 0 Å². The number of nitrogens with zero attached hydrogens (tertiary/aromatic N) is 1. The predicted octanol–water partition coefficient (Wildman–Crippen LogP) is 4.03. The van der Waals surface area contributed by atoms with Gasteiger partial charge in [-0.3, -0.25) is 9.79 Å². The molecule has 0 bridgehead atoms. The van der Waals surface area contributed by atoms with Crippen LogP contribution in [-0.4, -0.2) is 17.7 Å². The Balaban J connectivity index is 2.09. The Morgan fingerprint density at radius 3 is 2.55 bits per heavy atom. The summed E-state index contributed by atoms with van der Waals surface area (Å²) < 4.78 is 0. The highest BCUT2D eigenvalue weighted by molar-refractivity contribution is 6.19. The average Bonchev–Trinajstić information content (AvgIpc) is 2.70. The SMILES string of the molecule is CCCCC1N=C(c2ccccc2)c2ccccc2NC1=O. The van der Waals surface area contributed by atoms with Gasteiger partial charge in [0.05, 0.1) is 11.4 Å². The van der Waals surface area contributed by atoms with Gasteiger partial charge in [0, 0.05) is 11.1 Å². The van der Waals surface area contributed by atoms with Gasteiger partial charge in [-0.15, -0.1) is 0 Å². The lowest BCUT2D eigenvalue weighted by Crippen LogP contribution is -2.25. The number of unbranched alkanes of at least 4 members (excludes halogenated alkanes) is 1. The smallest absolute Gasteiger partial charge is 0.249 e. The van der Waals surface area contributed by atoms with Crippen molar-refractivity contribution in [2.45, 2.75) is 32.2 Å². The molecule has 3 nitrogen and oxygen atoms in total. The zero-order valence-electron chi connectivity index (χ0n) is 12.8. The fourth-order valence-electron chi connectivity index (χ4n) is 2.72. The molecule has 1 atom stereocenters. The van der Waals surface area contributed by atoms with Crippen LogP contribution >= 0.6 is 0 Å². The topological polar surface area (TPSA) is 41.5 Å². The second-order valence-corrected chi connectivity index (χ2v) is 5.54. The van der Waals surface area contributed by atoms with Gasteiger partial charge in [0.1, 0.15) is 6.04 Å². The van der Waals surface area contributed by atoms with Crippen LogP contribution in [0.1, 0.15) is 37.3 Å². The predicted molar refractivity (Wildman–Crippen MR) is 90.5 cm³/mol. The molecule has 0 spiro atoms. The summed E-state index contributed by atoms with van der Waals surface area (Å²) in [5.74, 6) is -0.00756. The van der Waals surface area contributed by atoms with Crippen LogP contribution in [-0.2, 0) is 4.79 Å². The molecule has 1 aliphatic rings. The van der Waals surface area contributed by atoms with Crippen molar-refractivity contribution in [3.63, 3.8) is 0 Å². The van der Waals surface area contributed by atoms with E-state index in [-0.39, 0.29) is 11.9 Å². The summed E-state index contributed by atoms with van der Waals surface area (Å²) in [5.41, 5.74) is 3.78. The third kappa shape index (κ3) is 2.93. The van der Waals surface area contributed by atoms with Crippen LogP contribution in [0.25, 0.3) is 0 Å². The minimum absolute atomic E-state index is 0.00756. The Bertz CT molecular complexity index is 692. The van der Waals surface area contributed by atoms with Crippen LogP contribution in [0.3, 0.4) is 0 Å². The minimum atomic E-state index is -0.317. The first kappa shape index (κ1) is 14.5. The van der Waals surface area contributed by atoms with Crippen molar-refractivity contribution in [1.82, 2.24) is 0 Å². The summed E-state index contributed by atoms with van der Waals surface area (Å²) >= 11 is 0. The number of hydrogen-bond donors (Lipinski definition) is 1. The Labute approximate surface area is 131 Å². The zero-order valence-corrected chi connectivity index (χ0v) is 12.8. The number of fused-ring (bicyclic) bond motifs is 1. The van der Waals surface area contributed by atoms with E-state index in [0.29, 0.717) is 0 Å². The van der Waals surface area contributed by atoms with E-state index in [9.17, 15) is 4.79 Å². The molecule has 1 amide bonds. The van der Waals surface area contributed by atoms with Crippen LogP contribution in [0.4, 0.5) is 5.69 Å². The number of nitrogens with one attached hydrogen (secondary N) is 1. The first-order chi connectivity index (χ1) is 10.8. The fraction of sp³-hybridized carbons (Fsp3) is 0.263. The summed E-state index contributed by atoms with van der Waals surface area (Å²) in [4.78, 5) is 17.3. The van der Waals surface area contributed by atoms with E-state index in [0.717, 1.165) is 41.8 Å². The molecule has 22 heavy (non-hydrogen) atoms. The first-order valence-corrected chi connectivity index (χ1v) is 7.83. The largest absolute Gasteiger partial charge is 0.324 e. The Kier molecular flexibility index (Phi) is 4.33. The third-order valence-corrected chi connectivity index (χ3v) is 3.91. The van der Waals surface area contributed by atoms with E-state index in [1.54, 1.807) is 0 Å². The Morgan fingerprint density at radius 2 is 1.77 bits per heavy atom. The van der Waals surface area contributed by atoms with Gasteiger partial charge in [0.25, 0.3) is 0 Å². The summed E-state index contributed by atoms with van der Waals surface area (Å²) in [5, 5.41) is 3.03. The molecule has 3 heteroatoms. The van der Waals surface area contributed by atoms with Crippen molar-refractivity contribution < 1.29 is 4.79 Å². The normalized spacial score (nSPS) is 17.2. The zero-order chi connectivity index (χ0) is 15.4. The van der Waals surface area contributed by atoms with E-state index in [1.807, 2.05) is 54.6 Å². The van der Waals surface area contributed by atoms with Crippen molar-refractivity contribution in [3.8, 4) is 0 Å². The van der Waals surface area contributed by atoms with Crippen LogP contribution in [0.2, 0.25) is 0 Å². The summed E-state index contributed by atoms with van der Waals surface area (Å²) in [6.07, 6.45) is 2.85. The number of amides is 1. The van der Waals surface area contributed by atoms with Crippen molar-refractivity contribution in [2.24, 2.45) is 4.99 Å². The second kappa shape index (κ2) is 6.56. The Hall–Kier alpha value is -2.42. The Morgan fingerprint density at radius 1 is 1.05 bits per heavy atom. The number of hydrogen-bond acceptors (Lipinski definition) is 2. The van der Waals surface area contributed by atoms with E-state index in [1.165, 1.54) is 0 Å². The standard InChI is InChI=1S/C19H20N2O/c1-2-3-12-17-19(22)21-16-13-8-7-11-15(16)18(20-17)14-9-5-4-6-10-14/h4-11,13,17H,2-3,12H2,1H3,(H,21,22). The molecular formula is C19H20N2O.